The molecular weight excluding hydrogens is 349 g/mol. The number of phosphoric acid groups is 1. The van der Waals surface area contributed by atoms with E-state index in [1.165, 1.54) is 10.9 Å². The summed E-state index contributed by atoms with van der Waals surface area (Å²) in [4.78, 5) is 39.1. The molecule has 0 bridgehead atoms. The summed E-state index contributed by atoms with van der Waals surface area (Å²) in [5.74, 6) is 0. The molecule has 5 N–H and O–H groups in total. The van der Waals surface area contributed by atoms with Gasteiger partial charge in [-0.05, 0) is 0 Å². The maximum absolute atomic E-state index is 11.6. The highest BCUT2D eigenvalue weighted by atomic mass is 31.2. The Morgan fingerprint density at radius 2 is 2.09 bits per heavy atom. The number of fused-ring (bicyclic) bond motifs is 1. The summed E-state index contributed by atoms with van der Waals surface area (Å²) in [5, 5.41) is 20.0. The lowest BCUT2D eigenvalue weighted by molar-refractivity contribution is -0.0504. The van der Waals surface area contributed by atoms with Crippen LogP contribution in [-0.2, 0) is 13.8 Å². The number of imidazole rings is 1. The Hall–Kier alpha value is -1.66. The molecule has 12 nitrogen and oxygen atoms in total. The van der Waals surface area contributed by atoms with Crippen molar-refractivity contribution in [3.8, 4) is 0 Å². The normalized spacial score (nSPS) is 28.5. The standard InChI is InChI=1S/C10H13N4O8P/c15-6-4(1-21-23(18,19)20)22-10(7(6)16)14-3-13-5-8(14)11-2-12-9(5)17/h2-4,6-7,10,15-16H,1H2,(H,11,12,17)(H2,18,19,20)/t4-,6+,7?,10-/m1/s1/i1+1,2+1,3+1,4+1,5+1,6+1,7+1,8+1,9+1,10+1,11+1,12+1,13+1,14+1. The van der Waals surface area contributed by atoms with E-state index >= 15 is 0 Å². The van der Waals surface area contributed by atoms with Gasteiger partial charge in [0.1, 0.15) is 18.3 Å². The highest BCUT2D eigenvalue weighted by molar-refractivity contribution is 7.46. The number of rotatable bonds is 4. The van der Waals surface area contributed by atoms with Crippen molar-refractivity contribution in [2.45, 2.75) is 24.5 Å². The van der Waals surface area contributed by atoms with E-state index in [1.807, 2.05) is 0 Å². The monoisotopic (exact) mass is 362 g/mol. The van der Waals surface area contributed by atoms with Crippen LogP contribution in [0.2, 0.25) is 0 Å². The molecule has 0 aromatic carbocycles. The summed E-state index contributed by atoms with van der Waals surface area (Å²) in [7, 11) is -4.74. The Kier molecular flexibility index (Phi) is 4.06. The molecule has 0 radical (unpaired) electrons. The van der Waals surface area contributed by atoms with Crippen LogP contribution >= 0.6 is 7.82 Å². The summed E-state index contributed by atoms with van der Waals surface area (Å²) >= 11 is 0. The number of hydrogen-bond acceptors (Lipinski definition) is 8. The molecule has 1 saturated heterocycles. The van der Waals surface area contributed by atoms with E-state index in [9.17, 15) is 19.6 Å². The lowest BCUT2D eigenvalue weighted by atomic mass is 11.1. The molecule has 1 aliphatic heterocycles. The fraction of sp³-hybridized carbons (Fsp3) is 0.500. The van der Waals surface area contributed by atoms with Gasteiger partial charge >= 0.3 is 7.82 Å². The van der Waals surface area contributed by atoms with Gasteiger partial charge in [-0.15, -0.1) is 0 Å². The molecule has 126 valence electrons. The predicted molar refractivity (Wildman–Crippen MR) is 72.1 cm³/mol. The summed E-state index contributed by atoms with van der Waals surface area (Å²) in [6.07, 6.45) is -2.85. The van der Waals surface area contributed by atoms with E-state index in [1.54, 1.807) is 0 Å². The first-order valence-corrected chi connectivity index (χ1v) is 7.93. The largest absolute Gasteiger partial charge is 0.469 e. The lowest BCUT2D eigenvalue weighted by Gasteiger charge is -2.16. The lowest BCUT2D eigenvalue weighted by Crippen LogP contribution is -2.33. The number of ether oxygens (including phenoxy) is 1. The van der Waals surface area contributed by atoms with Gasteiger partial charge in [0.25, 0.3) is 5.56 Å². The topological polar surface area (TPSA) is 180 Å². The average Bonchev–Trinajstić information content (AvgIpc) is 3.01. The molecule has 3 rings (SSSR count). The highest BCUT2D eigenvalue weighted by Gasteiger charge is 2.45. The maximum Gasteiger partial charge on any atom is 0.469 e. The van der Waals surface area contributed by atoms with Crippen molar-refractivity contribution in [1.82, 2.24) is 19.5 Å². The van der Waals surface area contributed by atoms with Crippen LogP contribution in [0, 0.1) is 0 Å². The molecule has 2 aromatic rings. The highest BCUT2D eigenvalue weighted by Crippen LogP contribution is 2.38. The molecule has 1 fully saturated rings. The zero-order valence-electron chi connectivity index (χ0n) is 11.4. The molecule has 0 amide bonds. The van der Waals surface area contributed by atoms with Gasteiger partial charge in [0.2, 0.25) is 0 Å². The van der Waals surface area contributed by atoms with Crippen molar-refractivity contribution < 1.29 is 33.8 Å². The van der Waals surface area contributed by atoms with Crippen molar-refractivity contribution in [1.29, 1.82) is 0 Å². The Morgan fingerprint density at radius 3 is 2.78 bits per heavy atom. The molecule has 4 atom stereocenters. The van der Waals surface area contributed by atoms with E-state index in [-0.39, 0.29) is 11.2 Å². The van der Waals surface area contributed by atoms with Gasteiger partial charge in [-0.25, -0.2) is 14.5 Å². The number of aliphatic hydroxyl groups excluding tert-OH is 2. The summed E-state index contributed by atoms with van der Waals surface area (Å²) in [6.45, 7) is -0.625. The first kappa shape index (κ1) is 16.2. The van der Waals surface area contributed by atoms with Gasteiger partial charge < -0.3 is 29.7 Å². The van der Waals surface area contributed by atoms with Crippen molar-refractivity contribution in [3.05, 3.63) is 23.0 Å². The third-order valence-corrected chi connectivity index (χ3v) is 3.87. The SMILES string of the molecule is O=[13c]1[15nH][13cH][15n][13c]2[13c]1[15n][13cH][15n]2[13C@@H]1O[13C@H]([13CH2]OP(=O)(O)O)[13C@H](O)[13CH]1O. The fourth-order valence-electron chi connectivity index (χ4n) is 2.32. The van der Waals surface area contributed by atoms with Gasteiger partial charge in [0.05, 0.1) is 19.3 Å². The summed E-state index contributed by atoms with van der Waals surface area (Å²) in [5.41, 5.74) is -0.336. The second kappa shape index (κ2) is 5.76. The van der Waals surface area contributed by atoms with Crippen LogP contribution in [-0.4, -0.2) is 64.4 Å². The van der Waals surface area contributed by atoms with E-state index in [4.69, 9.17) is 14.5 Å². The Balaban J connectivity index is 1.87. The molecular formula is C10H13N4O8P. The van der Waals surface area contributed by atoms with E-state index in [0.717, 1.165) is 6.33 Å². The van der Waals surface area contributed by atoms with E-state index in [0.29, 0.717) is 0 Å². The maximum atomic E-state index is 11.6. The first-order valence-electron chi connectivity index (χ1n) is 6.40. The van der Waals surface area contributed by atoms with Crippen LogP contribution in [0.1, 0.15) is 6.23 Å². The number of aromatic amines is 1. The van der Waals surface area contributed by atoms with Gasteiger partial charge in [0, 0.05) is 0 Å². The van der Waals surface area contributed by atoms with Crippen molar-refractivity contribution in [3.63, 3.8) is 0 Å². The summed E-state index contributed by atoms with van der Waals surface area (Å²) in [6, 6.07) is 0. The molecule has 3 heterocycles. The van der Waals surface area contributed by atoms with Crippen LogP contribution < -0.4 is 5.56 Å². The van der Waals surface area contributed by atoms with E-state index < -0.39 is 44.5 Å². The third kappa shape index (κ3) is 3.05. The van der Waals surface area contributed by atoms with Crippen molar-refractivity contribution >= 4 is 19.0 Å². The second-order valence-electron chi connectivity index (χ2n) is 4.89. The minimum atomic E-state index is -4.74. The Morgan fingerprint density at radius 1 is 1.35 bits per heavy atom. The van der Waals surface area contributed by atoms with Gasteiger partial charge in [-0.1, -0.05) is 0 Å². The van der Waals surface area contributed by atoms with Crippen molar-refractivity contribution in [2.75, 3.05) is 6.61 Å². The molecule has 1 unspecified atom stereocenters. The number of nitrogens with zero attached hydrogens (tertiary/aromatic N) is 3. The molecule has 23 heavy (non-hydrogen) atoms. The first-order chi connectivity index (χ1) is 10.8. The van der Waals surface area contributed by atoms with Crippen LogP contribution in [0.25, 0.3) is 11.2 Å². The number of aliphatic hydroxyl groups is 2. The van der Waals surface area contributed by atoms with E-state index in [2.05, 4.69) is 19.5 Å². The number of aromatic nitrogens is 4. The fourth-order valence-corrected chi connectivity index (χ4v) is 2.66. The Bertz CT molecular complexity index is 815. The number of H-pyrrole nitrogens is 1. The smallest absolute Gasteiger partial charge is 0.387 e. The minimum absolute atomic E-state index is 0.0210. The number of phosphoric ester groups is 1. The minimum Gasteiger partial charge on any atom is -0.387 e. The second-order valence-corrected chi connectivity index (χ2v) is 6.13. The van der Waals surface area contributed by atoms with Crippen LogP contribution in [0.3, 0.4) is 0 Å². The number of hydrogen-bond donors (Lipinski definition) is 5. The molecule has 0 saturated carbocycles. The van der Waals surface area contributed by atoms with Crippen LogP contribution in [0.15, 0.2) is 17.4 Å². The molecule has 1 aliphatic rings. The third-order valence-electron chi connectivity index (χ3n) is 3.38. The van der Waals surface area contributed by atoms with Gasteiger partial charge in [-0.3, -0.25) is 13.9 Å². The average molecular weight is 362 g/mol. The van der Waals surface area contributed by atoms with Crippen LogP contribution in [0.4, 0.5) is 0 Å². The van der Waals surface area contributed by atoms with Crippen LogP contribution in [0.5, 0.6) is 0 Å². The van der Waals surface area contributed by atoms with Crippen molar-refractivity contribution in [2.24, 2.45) is 0 Å². The summed E-state index contributed by atoms with van der Waals surface area (Å²) < 4.78 is 21.6. The zero-order valence-corrected chi connectivity index (χ0v) is 12.3. The molecule has 0 spiro atoms. The quantitative estimate of drug-likeness (QED) is 0.297. The molecule has 2 aromatic heterocycles. The zero-order chi connectivity index (χ0) is 16.8. The van der Waals surface area contributed by atoms with Gasteiger partial charge in [0.15, 0.2) is 17.4 Å². The Labute approximate surface area is 127 Å². The molecule has 13 heteroatoms. The van der Waals surface area contributed by atoms with Gasteiger partial charge in [-0.2, -0.15) is 0 Å². The predicted octanol–water partition coefficient (Wildman–Crippen LogP) is -2.15. The number of nitrogens with one attached hydrogen (secondary N) is 1. The molecule has 0 aliphatic carbocycles.